The number of nitrogens with one attached hydrogen (secondary N) is 1. The molecule has 28 heavy (non-hydrogen) atoms. The van der Waals surface area contributed by atoms with Gasteiger partial charge in [-0.3, -0.25) is 9.52 Å². The SMILES string of the molecule is Cc1ccc(C)c(S(=O)(=O)Nc2cccc(C(=O)N(C)CC3CCCC3)c2)c1. The van der Waals surface area contributed by atoms with Crippen molar-refractivity contribution >= 4 is 21.6 Å². The van der Waals surface area contributed by atoms with Gasteiger partial charge in [0.15, 0.2) is 0 Å². The number of hydrogen-bond donors (Lipinski definition) is 1. The van der Waals surface area contributed by atoms with Crippen LogP contribution in [0.25, 0.3) is 0 Å². The molecule has 0 aromatic heterocycles. The van der Waals surface area contributed by atoms with Crippen molar-refractivity contribution in [1.82, 2.24) is 4.90 Å². The van der Waals surface area contributed by atoms with Crippen molar-refractivity contribution in [2.45, 2.75) is 44.4 Å². The van der Waals surface area contributed by atoms with Gasteiger partial charge >= 0.3 is 0 Å². The second kappa shape index (κ2) is 8.35. The van der Waals surface area contributed by atoms with Gasteiger partial charge in [-0.25, -0.2) is 8.42 Å². The van der Waals surface area contributed by atoms with Crippen molar-refractivity contribution in [3.8, 4) is 0 Å². The Bertz CT molecular complexity index is 963. The smallest absolute Gasteiger partial charge is 0.262 e. The van der Waals surface area contributed by atoms with Crippen LogP contribution in [0.3, 0.4) is 0 Å². The van der Waals surface area contributed by atoms with Gasteiger partial charge in [-0.15, -0.1) is 0 Å². The summed E-state index contributed by atoms with van der Waals surface area (Å²) in [5.41, 5.74) is 2.44. The van der Waals surface area contributed by atoms with E-state index in [0.717, 1.165) is 12.1 Å². The quantitative estimate of drug-likeness (QED) is 0.783. The van der Waals surface area contributed by atoms with Crippen LogP contribution in [0.5, 0.6) is 0 Å². The van der Waals surface area contributed by atoms with E-state index in [1.807, 2.05) is 20.0 Å². The van der Waals surface area contributed by atoms with Crippen LogP contribution >= 0.6 is 0 Å². The van der Waals surface area contributed by atoms with Crippen LogP contribution in [0.2, 0.25) is 0 Å². The largest absolute Gasteiger partial charge is 0.341 e. The zero-order valence-electron chi connectivity index (χ0n) is 16.7. The standard InChI is InChI=1S/C22H28N2O3S/c1-16-11-12-17(2)21(13-16)28(26,27)23-20-10-6-9-19(14-20)22(25)24(3)15-18-7-4-5-8-18/h6,9-14,18,23H,4-5,7-8,15H2,1-3H3. The molecule has 1 fully saturated rings. The topological polar surface area (TPSA) is 66.5 Å². The molecule has 0 heterocycles. The first-order chi connectivity index (χ1) is 13.3. The average molecular weight is 401 g/mol. The summed E-state index contributed by atoms with van der Waals surface area (Å²) in [7, 11) is -1.91. The fourth-order valence-corrected chi connectivity index (χ4v) is 5.19. The third kappa shape index (κ3) is 4.73. The molecule has 0 saturated heterocycles. The molecule has 1 N–H and O–H groups in total. The predicted molar refractivity (Wildman–Crippen MR) is 112 cm³/mol. The first kappa shape index (κ1) is 20.4. The first-order valence-corrected chi connectivity index (χ1v) is 11.2. The number of anilines is 1. The number of hydrogen-bond acceptors (Lipinski definition) is 3. The fraction of sp³-hybridized carbons (Fsp3) is 0.409. The van der Waals surface area contributed by atoms with Crippen LogP contribution in [0.1, 0.15) is 47.2 Å². The van der Waals surface area contributed by atoms with Gasteiger partial charge in [0.25, 0.3) is 15.9 Å². The van der Waals surface area contributed by atoms with Crippen LogP contribution in [0.4, 0.5) is 5.69 Å². The Morgan fingerprint density at radius 2 is 1.82 bits per heavy atom. The third-order valence-corrected chi connectivity index (χ3v) is 6.87. The summed E-state index contributed by atoms with van der Waals surface area (Å²) in [5.74, 6) is 0.486. The number of carbonyl (C=O) groups is 1. The molecule has 0 atom stereocenters. The van der Waals surface area contributed by atoms with Crippen LogP contribution in [-0.4, -0.2) is 32.8 Å². The number of benzene rings is 2. The number of nitrogens with zero attached hydrogens (tertiary/aromatic N) is 1. The number of carbonyl (C=O) groups excluding carboxylic acids is 1. The van der Waals surface area contributed by atoms with Crippen LogP contribution in [0, 0.1) is 19.8 Å². The van der Waals surface area contributed by atoms with E-state index in [0.29, 0.717) is 22.7 Å². The molecule has 1 saturated carbocycles. The molecule has 0 bridgehead atoms. The Kier molecular flexibility index (Phi) is 6.08. The van der Waals surface area contributed by atoms with E-state index < -0.39 is 10.0 Å². The van der Waals surface area contributed by atoms with Crippen molar-refractivity contribution in [3.63, 3.8) is 0 Å². The fourth-order valence-electron chi connectivity index (χ4n) is 3.81. The molecule has 3 rings (SSSR count). The first-order valence-electron chi connectivity index (χ1n) is 9.72. The molecule has 150 valence electrons. The lowest BCUT2D eigenvalue weighted by Gasteiger charge is -2.21. The van der Waals surface area contributed by atoms with Crippen LogP contribution in [-0.2, 0) is 10.0 Å². The highest BCUT2D eigenvalue weighted by Gasteiger charge is 2.21. The van der Waals surface area contributed by atoms with Gasteiger partial charge in [-0.1, -0.05) is 31.0 Å². The van der Waals surface area contributed by atoms with E-state index in [4.69, 9.17) is 0 Å². The monoisotopic (exact) mass is 400 g/mol. The van der Waals surface area contributed by atoms with Gasteiger partial charge in [0.2, 0.25) is 0 Å². The number of amides is 1. The maximum absolute atomic E-state index is 12.8. The van der Waals surface area contributed by atoms with Crippen LogP contribution < -0.4 is 4.72 Å². The molecule has 2 aromatic carbocycles. The van der Waals surface area contributed by atoms with E-state index in [2.05, 4.69) is 4.72 Å². The van der Waals surface area contributed by atoms with Crippen molar-refractivity contribution in [1.29, 1.82) is 0 Å². The summed E-state index contributed by atoms with van der Waals surface area (Å²) in [6.07, 6.45) is 4.82. The molecule has 1 aliphatic carbocycles. The Hall–Kier alpha value is -2.34. The maximum atomic E-state index is 12.8. The molecule has 1 amide bonds. The third-order valence-electron chi connectivity index (χ3n) is 5.35. The minimum absolute atomic E-state index is 0.0836. The molecule has 0 unspecified atom stereocenters. The van der Waals surface area contributed by atoms with Gasteiger partial charge in [-0.2, -0.15) is 0 Å². The Balaban J connectivity index is 1.77. The minimum atomic E-state index is -3.72. The highest BCUT2D eigenvalue weighted by atomic mass is 32.2. The molecule has 0 spiro atoms. The highest BCUT2D eigenvalue weighted by molar-refractivity contribution is 7.92. The molecule has 2 aromatic rings. The summed E-state index contributed by atoms with van der Waals surface area (Å²) >= 11 is 0. The molecule has 0 radical (unpaired) electrons. The van der Waals surface area contributed by atoms with Gasteiger partial charge in [0, 0.05) is 24.8 Å². The Labute approximate surface area is 167 Å². The lowest BCUT2D eigenvalue weighted by Crippen LogP contribution is -2.31. The number of sulfonamides is 1. The second-order valence-corrected chi connectivity index (χ2v) is 9.44. The van der Waals surface area contributed by atoms with Crippen molar-refractivity contribution in [2.75, 3.05) is 18.3 Å². The summed E-state index contributed by atoms with van der Waals surface area (Å²) in [6, 6.07) is 12.0. The van der Waals surface area contributed by atoms with E-state index >= 15 is 0 Å². The normalized spacial score (nSPS) is 14.8. The molecule has 5 nitrogen and oxygen atoms in total. The van der Waals surface area contributed by atoms with Gasteiger partial charge in [0.1, 0.15) is 0 Å². The van der Waals surface area contributed by atoms with E-state index in [1.165, 1.54) is 25.7 Å². The molecule has 0 aliphatic heterocycles. The zero-order valence-corrected chi connectivity index (χ0v) is 17.6. The lowest BCUT2D eigenvalue weighted by atomic mass is 10.1. The average Bonchev–Trinajstić information content (AvgIpc) is 3.15. The van der Waals surface area contributed by atoms with Crippen molar-refractivity contribution < 1.29 is 13.2 Å². The summed E-state index contributed by atoms with van der Waals surface area (Å²) in [4.78, 5) is 14.8. The van der Waals surface area contributed by atoms with Gasteiger partial charge in [0.05, 0.1) is 4.90 Å². The van der Waals surface area contributed by atoms with Gasteiger partial charge in [-0.05, 0) is 68.0 Å². The molecular formula is C22H28N2O3S. The number of rotatable bonds is 6. The van der Waals surface area contributed by atoms with Gasteiger partial charge < -0.3 is 4.90 Å². The summed E-state index contributed by atoms with van der Waals surface area (Å²) < 4.78 is 28.2. The zero-order chi connectivity index (χ0) is 20.3. The maximum Gasteiger partial charge on any atom is 0.262 e. The molecular weight excluding hydrogens is 372 g/mol. The van der Waals surface area contributed by atoms with Crippen molar-refractivity contribution in [3.05, 3.63) is 59.2 Å². The Morgan fingerprint density at radius 1 is 1.11 bits per heavy atom. The minimum Gasteiger partial charge on any atom is -0.341 e. The van der Waals surface area contributed by atoms with E-state index in [9.17, 15) is 13.2 Å². The van der Waals surface area contributed by atoms with Crippen molar-refractivity contribution in [2.24, 2.45) is 5.92 Å². The van der Waals surface area contributed by atoms with Crippen LogP contribution in [0.15, 0.2) is 47.4 Å². The lowest BCUT2D eigenvalue weighted by molar-refractivity contribution is 0.0773. The second-order valence-electron chi connectivity index (χ2n) is 7.79. The van der Waals surface area contributed by atoms with E-state index in [-0.39, 0.29) is 10.8 Å². The molecule has 6 heteroatoms. The predicted octanol–water partition coefficient (Wildman–Crippen LogP) is 4.37. The summed E-state index contributed by atoms with van der Waals surface area (Å²) in [6.45, 7) is 4.38. The van der Waals surface area contributed by atoms with E-state index in [1.54, 1.807) is 48.2 Å². The number of aryl methyl sites for hydroxylation is 2. The molecule has 1 aliphatic rings. The summed E-state index contributed by atoms with van der Waals surface area (Å²) in [5, 5.41) is 0. The highest BCUT2D eigenvalue weighted by Crippen LogP contribution is 2.26. The Morgan fingerprint density at radius 3 is 2.54 bits per heavy atom.